The molecule has 0 radical (unpaired) electrons. The van der Waals surface area contributed by atoms with Crippen LogP contribution in [0.25, 0.3) is 11.5 Å². The molecule has 4 nitrogen and oxygen atoms in total. The molecule has 106 valence electrons. The molecule has 1 saturated carbocycles. The zero-order valence-electron chi connectivity index (χ0n) is 11.6. The van der Waals surface area contributed by atoms with Gasteiger partial charge in [-0.25, -0.2) is 0 Å². The maximum atomic E-state index is 5.32. The highest BCUT2D eigenvalue weighted by atomic mass is 32.2. The van der Waals surface area contributed by atoms with Crippen LogP contribution in [0.3, 0.4) is 0 Å². The summed E-state index contributed by atoms with van der Waals surface area (Å²) >= 11 is 1.96. The molecule has 0 bridgehead atoms. The molecular weight excluding hydrogens is 270 g/mol. The fourth-order valence-corrected chi connectivity index (χ4v) is 3.48. The molecule has 0 aliphatic heterocycles. The fourth-order valence-electron chi connectivity index (χ4n) is 2.65. The van der Waals surface area contributed by atoms with E-state index in [4.69, 9.17) is 4.52 Å². The van der Waals surface area contributed by atoms with Crippen LogP contribution in [0.2, 0.25) is 0 Å². The third kappa shape index (κ3) is 3.15. The summed E-state index contributed by atoms with van der Waals surface area (Å²) < 4.78 is 5.32. The molecule has 1 fully saturated rings. The number of thioether (sulfide) groups is 1. The standard InChI is InChI=1S/C15H19N3OS/c1-20-13-9-5-8-12(10-13)16-15-17-14(19-18-15)11-6-3-2-4-7-11/h2-4,6-7,12-13H,5,8-10H2,1H3,(H,16,18). The smallest absolute Gasteiger partial charge is 0.263 e. The van der Waals surface area contributed by atoms with E-state index in [2.05, 4.69) is 21.7 Å². The monoisotopic (exact) mass is 289 g/mol. The van der Waals surface area contributed by atoms with Gasteiger partial charge in [0, 0.05) is 16.9 Å². The Morgan fingerprint density at radius 2 is 2.10 bits per heavy atom. The lowest BCUT2D eigenvalue weighted by atomic mass is 9.95. The molecular formula is C15H19N3OS. The Labute approximate surface area is 123 Å². The predicted octanol–water partition coefficient (Wildman–Crippen LogP) is 3.82. The molecule has 0 saturated heterocycles. The van der Waals surface area contributed by atoms with Crippen LogP contribution in [-0.2, 0) is 0 Å². The van der Waals surface area contributed by atoms with Crippen molar-refractivity contribution in [2.45, 2.75) is 37.0 Å². The Kier molecular flexibility index (Phi) is 4.25. The predicted molar refractivity (Wildman–Crippen MR) is 82.9 cm³/mol. The zero-order valence-corrected chi connectivity index (χ0v) is 12.4. The number of nitrogens with one attached hydrogen (secondary N) is 1. The van der Waals surface area contributed by atoms with Gasteiger partial charge in [0.05, 0.1) is 0 Å². The average molecular weight is 289 g/mol. The van der Waals surface area contributed by atoms with E-state index in [-0.39, 0.29) is 0 Å². The summed E-state index contributed by atoms with van der Waals surface area (Å²) in [5.41, 5.74) is 0.957. The molecule has 0 spiro atoms. The van der Waals surface area contributed by atoms with Crippen molar-refractivity contribution in [3.63, 3.8) is 0 Å². The van der Waals surface area contributed by atoms with E-state index in [1.807, 2.05) is 42.1 Å². The number of hydrogen-bond donors (Lipinski definition) is 1. The summed E-state index contributed by atoms with van der Waals surface area (Å²) in [4.78, 5) is 4.43. The molecule has 20 heavy (non-hydrogen) atoms. The number of aromatic nitrogens is 2. The van der Waals surface area contributed by atoms with Gasteiger partial charge >= 0.3 is 0 Å². The number of hydrogen-bond acceptors (Lipinski definition) is 5. The van der Waals surface area contributed by atoms with E-state index in [1.165, 1.54) is 25.7 Å². The Bertz CT molecular complexity index is 543. The topological polar surface area (TPSA) is 51.0 Å². The Morgan fingerprint density at radius 1 is 1.25 bits per heavy atom. The van der Waals surface area contributed by atoms with Crippen LogP contribution < -0.4 is 5.32 Å². The van der Waals surface area contributed by atoms with E-state index >= 15 is 0 Å². The fraction of sp³-hybridized carbons (Fsp3) is 0.467. The second-order valence-electron chi connectivity index (χ2n) is 5.15. The molecule has 0 amide bonds. The lowest BCUT2D eigenvalue weighted by Crippen LogP contribution is -2.28. The van der Waals surface area contributed by atoms with Gasteiger partial charge in [0.2, 0.25) is 0 Å². The summed E-state index contributed by atoms with van der Waals surface area (Å²) in [6, 6.07) is 10.3. The molecule has 1 aliphatic carbocycles. The van der Waals surface area contributed by atoms with E-state index in [0.717, 1.165) is 10.8 Å². The molecule has 2 atom stereocenters. The van der Waals surface area contributed by atoms with Gasteiger partial charge in [0.25, 0.3) is 11.8 Å². The van der Waals surface area contributed by atoms with Crippen molar-refractivity contribution in [2.24, 2.45) is 0 Å². The van der Waals surface area contributed by atoms with E-state index < -0.39 is 0 Å². The number of rotatable bonds is 4. The van der Waals surface area contributed by atoms with Gasteiger partial charge in [0.15, 0.2) is 0 Å². The highest BCUT2D eigenvalue weighted by Gasteiger charge is 2.22. The zero-order chi connectivity index (χ0) is 13.8. The molecule has 1 aromatic heterocycles. The van der Waals surface area contributed by atoms with Gasteiger partial charge in [-0.15, -0.1) is 0 Å². The lowest BCUT2D eigenvalue weighted by Gasteiger charge is -2.27. The lowest BCUT2D eigenvalue weighted by molar-refractivity contribution is 0.427. The highest BCUT2D eigenvalue weighted by molar-refractivity contribution is 7.99. The number of nitrogens with zero attached hydrogens (tertiary/aromatic N) is 2. The summed E-state index contributed by atoms with van der Waals surface area (Å²) in [5, 5.41) is 8.19. The molecule has 1 heterocycles. The van der Waals surface area contributed by atoms with Crippen LogP contribution in [-0.4, -0.2) is 27.7 Å². The normalized spacial score (nSPS) is 22.6. The molecule has 3 rings (SSSR count). The van der Waals surface area contributed by atoms with Crippen LogP contribution in [0.4, 0.5) is 5.95 Å². The molecule has 5 heteroatoms. The first-order chi connectivity index (χ1) is 9.85. The number of benzene rings is 1. The summed E-state index contributed by atoms with van der Waals surface area (Å²) in [7, 11) is 0. The Morgan fingerprint density at radius 3 is 2.90 bits per heavy atom. The van der Waals surface area contributed by atoms with Crippen molar-refractivity contribution < 1.29 is 4.52 Å². The molecule has 2 unspecified atom stereocenters. The van der Waals surface area contributed by atoms with Gasteiger partial charge in [0.1, 0.15) is 0 Å². The second-order valence-corrected chi connectivity index (χ2v) is 6.29. The Balaban J connectivity index is 1.65. The third-order valence-corrected chi connectivity index (χ3v) is 4.83. The third-order valence-electron chi connectivity index (χ3n) is 3.74. The first kappa shape index (κ1) is 13.5. The summed E-state index contributed by atoms with van der Waals surface area (Å²) in [6.45, 7) is 0. The van der Waals surface area contributed by atoms with Crippen molar-refractivity contribution >= 4 is 17.7 Å². The van der Waals surface area contributed by atoms with Crippen molar-refractivity contribution in [1.82, 2.24) is 10.1 Å². The summed E-state index contributed by atoms with van der Waals surface area (Å²) in [5.74, 6) is 1.18. The largest absolute Gasteiger partial charge is 0.349 e. The van der Waals surface area contributed by atoms with E-state index in [9.17, 15) is 0 Å². The second kappa shape index (κ2) is 6.31. The van der Waals surface area contributed by atoms with Crippen LogP contribution in [0.5, 0.6) is 0 Å². The van der Waals surface area contributed by atoms with Crippen molar-refractivity contribution in [1.29, 1.82) is 0 Å². The minimum atomic E-state index is 0.461. The quantitative estimate of drug-likeness (QED) is 0.927. The van der Waals surface area contributed by atoms with Crippen molar-refractivity contribution in [3.8, 4) is 11.5 Å². The summed E-state index contributed by atoms with van der Waals surface area (Å²) in [6.07, 6.45) is 7.14. The van der Waals surface area contributed by atoms with Gasteiger partial charge in [-0.05, 0) is 42.8 Å². The van der Waals surface area contributed by atoms with Gasteiger partial charge in [-0.2, -0.15) is 16.7 Å². The Hall–Kier alpha value is -1.49. The SMILES string of the molecule is CSC1CCCC(Nc2noc(-c3ccccc3)n2)C1. The molecule has 2 aromatic rings. The van der Waals surface area contributed by atoms with Crippen LogP contribution in [0.1, 0.15) is 25.7 Å². The minimum absolute atomic E-state index is 0.461. The minimum Gasteiger partial charge on any atom is -0.349 e. The van der Waals surface area contributed by atoms with Crippen LogP contribution in [0, 0.1) is 0 Å². The molecule has 1 aromatic carbocycles. The highest BCUT2D eigenvalue weighted by Crippen LogP contribution is 2.28. The van der Waals surface area contributed by atoms with E-state index in [0.29, 0.717) is 17.9 Å². The first-order valence-electron chi connectivity index (χ1n) is 7.03. The maximum Gasteiger partial charge on any atom is 0.263 e. The van der Waals surface area contributed by atoms with Crippen LogP contribution in [0.15, 0.2) is 34.9 Å². The van der Waals surface area contributed by atoms with Gasteiger partial charge in [-0.3, -0.25) is 0 Å². The number of anilines is 1. The van der Waals surface area contributed by atoms with Crippen molar-refractivity contribution in [2.75, 3.05) is 11.6 Å². The van der Waals surface area contributed by atoms with Gasteiger partial charge in [-0.1, -0.05) is 24.6 Å². The van der Waals surface area contributed by atoms with E-state index in [1.54, 1.807) is 0 Å². The van der Waals surface area contributed by atoms with Crippen molar-refractivity contribution in [3.05, 3.63) is 30.3 Å². The van der Waals surface area contributed by atoms with Crippen LogP contribution >= 0.6 is 11.8 Å². The van der Waals surface area contributed by atoms with Gasteiger partial charge < -0.3 is 9.84 Å². The molecule has 1 N–H and O–H groups in total. The maximum absolute atomic E-state index is 5.32. The first-order valence-corrected chi connectivity index (χ1v) is 8.32. The average Bonchev–Trinajstić information content (AvgIpc) is 2.97. The molecule has 1 aliphatic rings.